The molecule has 1 aromatic heterocycles. The number of amides is 1. The second kappa shape index (κ2) is 5.46. The number of carbonyl (C=O) groups excluding carboxylic acids is 1. The maximum atomic E-state index is 12.1. The quantitative estimate of drug-likeness (QED) is 0.890. The lowest BCUT2D eigenvalue weighted by atomic mass is 9.89. The highest BCUT2D eigenvalue weighted by Gasteiger charge is 2.29. The number of hydrogen-bond donors (Lipinski definition) is 2. The molecule has 1 saturated carbocycles. The van der Waals surface area contributed by atoms with Crippen molar-refractivity contribution < 1.29 is 13.2 Å². The molecule has 0 bridgehead atoms. The van der Waals surface area contributed by atoms with E-state index in [1.165, 1.54) is 18.9 Å². The Morgan fingerprint density at radius 3 is 2.55 bits per heavy atom. The second-order valence-electron chi connectivity index (χ2n) is 5.78. The van der Waals surface area contributed by atoms with E-state index >= 15 is 0 Å². The zero-order valence-electron chi connectivity index (χ0n) is 11.7. The number of nitrogens with one attached hydrogen (secondary N) is 1. The van der Waals surface area contributed by atoms with Crippen molar-refractivity contribution in [2.75, 3.05) is 6.54 Å². The van der Waals surface area contributed by atoms with Gasteiger partial charge in [-0.3, -0.25) is 4.79 Å². The predicted molar refractivity (Wildman–Crippen MR) is 79.3 cm³/mol. The van der Waals surface area contributed by atoms with Crippen molar-refractivity contribution in [3.05, 3.63) is 15.8 Å². The topological polar surface area (TPSA) is 89.3 Å². The van der Waals surface area contributed by atoms with Crippen molar-refractivity contribution >= 4 is 27.3 Å². The SMILES string of the molecule is Cc1sc(C(=O)NCC2(C)CCCC2)cc1S(N)(=O)=O. The van der Waals surface area contributed by atoms with Gasteiger partial charge in [-0.1, -0.05) is 19.8 Å². The number of rotatable bonds is 4. The minimum Gasteiger partial charge on any atom is -0.351 e. The predicted octanol–water partition coefficient (Wildman–Crippen LogP) is 2.01. The first-order chi connectivity index (χ1) is 9.21. The molecular formula is C13H20N2O3S2. The lowest BCUT2D eigenvalue weighted by Crippen LogP contribution is -2.33. The summed E-state index contributed by atoms with van der Waals surface area (Å²) in [7, 11) is -3.76. The molecule has 3 N–H and O–H groups in total. The molecule has 1 aromatic rings. The summed E-state index contributed by atoms with van der Waals surface area (Å²) in [5.74, 6) is -0.221. The minimum atomic E-state index is -3.76. The van der Waals surface area contributed by atoms with Gasteiger partial charge >= 0.3 is 0 Å². The van der Waals surface area contributed by atoms with Crippen LogP contribution in [0.3, 0.4) is 0 Å². The van der Waals surface area contributed by atoms with Crippen LogP contribution in [-0.2, 0) is 10.0 Å². The zero-order valence-corrected chi connectivity index (χ0v) is 13.4. The van der Waals surface area contributed by atoms with Gasteiger partial charge in [0.25, 0.3) is 5.91 Å². The Morgan fingerprint density at radius 2 is 2.05 bits per heavy atom. The van der Waals surface area contributed by atoms with Crippen molar-refractivity contribution in [1.29, 1.82) is 0 Å². The maximum Gasteiger partial charge on any atom is 0.261 e. The van der Waals surface area contributed by atoms with Crippen LogP contribution in [0.2, 0.25) is 0 Å². The van der Waals surface area contributed by atoms with E-state index in [2.05, 4.69) is 12.2 Å². The number of aryl methyl sites for hydroxylation is 1. The van der Waals surface area contributed by atoms with Crippen LogP contribution in [-0.4, -0.2) is 20.9 Å². The summed E-state index contributed by atoms with van der Waals surface area (Å²) in [4.78, 5) is 13.1. The summed E-state index contributed by atoms with van der Waals surface area (Å²) in [5.41, 5.74) is 0.171. The van der Waals surface area contributed by atoms with Gasteiger partial charge in [0.15, 0.2) is 0 Å². The fourth-order valence-electron chi connectivity index (χ4n) is 2.65. The van der Waals surface area contributed by atoms with Crippen molar-refractivity contribution in [3.8, 4) is 0 Å². The summed E-state index contributed by atoms with van der Waals surface area (Å²) >= 11 is 1.16. The van der Waals surface area contributed by atoms with Gasteiger partial charge < -0.3 is 5.32 Å². The van der Waals surface area contributed by atoms with Crippen molar-refractivity contribution in [2.24, 2.45) is 10.6 Å². The largest absolute Gasteiger partial charge is 0.351 e. The summed E-state index contributed by atoms with van der Waals surface area (Å²) in [6.45, 7) is 4.46. The van der Waals surface area contributed by atoms with E-state index in [9.17, 15) is 13.2 Å². The van der Waals surface area contributed by atoms with Crippen LogP contribution < -0.4 is 10.5 Å². The molecule has 0 aliphatic heterocycles. The van der Waals surface area contributed by atoms with E-state index < -0.39 is 10.0 Å². The Hall–Kier alpha value is -0.920. The number of primary sulfonamides is 1. The van der Waals surface area contributed by atoms with Crippen molar-refractivity contribution in [1.82, 2.24) is 5.32 Å². The highest BCUT2D eigenvalue weighted by molar-refractivity contribution is 7.89. The number of hydrogen-bond acceptors (Lipinski definition) is 4. The molecule has 1 aliphatic carbocycles. The number of thiophene rings is 1. The molecule has 2 rings (SSSR count). The third-order valence-electron chi connectivity index (χ3n) is 3.89. The Kier molecular flexibility index (Phi) is 4.22. The molecule has 0 radical (unpaired) electrons. The zero-order chi connectivity index (χ0) is 15.0. The number of sulfonamides is 1. The monoisotopic (exact) mass is 316 g/mol. The lowest BCUT2D eigenvalue weighted by Gasteiger charge is -2.23. The van der Waals surface area contributed by atoms with Crippen LogP contribution in [0.15, 0.2) is 11.0 Å². The van der Waals surface area contributed by atoms with Gasteiger partial charge in [0, 0.05) is 11.4 Å². The van der Waals surface area contributed by atoms with Crippen LogP contribution in [0.25, 0.3) is 0 Å². The molecule has 0 aromatic carbocycles. The Labute approximate surface area is 123 Å². The molecule has 0 unspecified atom stereocenters. The number of carbonyl (C=O) groups is 1. The molecule has 112 valence electrons. The van der Waals surface area contributed by atoms with Crippen LogP contribution in [0, 0.1) is 12.3 Å². The first-order valence-corrected chi connectivity index (χ1v) is 8.99. The van der Waals surface area contributed by atoms with Gasteiger partial charge in [-0.05, 0) is 31.2 Å². The van der Waals surface area contributed by atoms with E-state index in [0.717, 1.165) is 24.2 Å². The van der Waals surface area contributed by atoms with Gasteiger partial charge in [-0.15, -0.1) is 11.3 Å². The summed E-state index contributed by atoms with van der Waals surface area (Å²) in [6, 6.07) is 1.36. The molecule has 1 heterocycles. The van der Waals surface area contributed by atoms with Crippen LogP contribution in [0.1, 0.15) is 47.2 Å². The average Bonchev–Trinajstić information content (AvgIpc) is 2.92. The second-order valence-corrected chi connectivity index (χ2v) is 8.56. The summed E-state index contributed by atoms with van der Waals surface area (Å²) < 4.78 is 22.7. The Morgan fingerprint density at radius 1 is 1.45 bits per heavy atom. The molecular weight excluding hydrogens is 296 g/mol. The lowest BCUT2D eigenvalue weighted by molar-refractivity contribution is 0.0938. The smallest absolute Gasteiger partial charge is 0.261 e. The van der Waals surface area contributed by atoms with E-state index in [0.29, 0.717) is 16.3 Å². The highest BCUT2D eigenvalue weighted by Crippen LogP contribution is 2.36. The minimum absolute atomic E-state index is 0.0414. The standard InChI is InChI=1S/C13H20N2O3S2/c1-9-11(20(14,17)18)7-10(19-9)12(16)15-8-13(2)5-3-4-6-13/h7H,3-6,8H2,1-2H3,(H,15,16)(H2,14,17,18). The van der Waals surface area contributed by atoms with Crippen LogP contribution >= 0.6 is 11.3 Å². The molecule has 1 aliphatic rings. The van der Waals surface area contributed by atoms with Crippen molar-refractivity contribution in [3.63, 3.8) is 0 Å². The molecule has 0 spiro atoms. The fourth-order valence-corrected chi connectivity index (χ4v) is 4.71. The fraction of sp³-hybridized carbons (Fsp3) is 0.615. The first kappa shape index (κ1) is 15.5. The molecule has 20 heavy (non-hydrogen) atoms. The van der Waals surface area contributed by atoms with E-state index in [-0.39, 0.29) is 16.2 Å². The molecule has 5 nitrogen and oxygen atoms in total. The Balaban J connectivity index is 2.07. The normalized spacial score (nSPS) is 18.1. The molecule has 7 heteroatoms. The summed E-state index contributed by atoms with van der Waals surface area (Å²) in [6.07, 6.45) is 4.67. The van der Waals surface area contributed by atoms with E-state index in [1.807, 2.05) is 0 Å². The highest BCUT2D eigenvalue weighted by atomic mass is 32.2. The maximum absolute atomic E-state index is 12.1. The molecule has 0 atom stereocenters. The van der Waals surface area contributed by atoms with Crippen LogP contribution in [0.4, 0.5) is 0 Å². The third kappa shape index (κ3) is 3.39. The van der Waals surface area contributed by atoms with Gasteiger partial charge in [0.1, 0.15) is 0 Å². The van der Waals surface area contributed by atoms with Gasteiger partial charge in [0.05, 0.1) is 9.77 Å². The first-order valence-electron chi connectivity index (χ1n) is 6.63. The van der Waals surface area contributed by atoms with Crippen molar-refractivity contribution in [2.45, 2.75) is 44.4 Å². The van der Waals surface area contributed by atoms with Gasteiger partial charge in [0.2, 0.25) is 10.0 Å². The average molecular weight is 316 g/mol. The van der Waals surface area contributed by atoms with Crippen LogP contribution in [0.5, 0.6) is 0 Å². The van der Waals surface area contributed by atoms with E-state index in [4.69, 9.17) is 5.14 Å². The van der Waals surface area contributed by atoms with Gasteiger partial charge in [-0.25, -0.2) is 13.6 Å². The third-order valence-corrected chi connectivity index (χ3v) is 6.10. The van der Waals surface area contributed by atoms with Gasteiger partial charge in [-0.2, -0.15) is 0 Å². The molecule has 1 fully saturated rings. The number of nitrogens with two attached hydrogens (primary N) is 1. The summed E-state index contributed by atoms with van der Waals surface area (Å²) in [5, 5.41) is 8.02. The molecule has 0 saturated heterocycles. The molecule has 1 amide bonds. The van der Waals surface area contributed by atoms with E-state index in [1.54, 1.807) is 6.92 Å². The Bertz CT molecular complexity index is 614.